The second-order valence-electron chi connectivity index (χ2n) is 5.50. The van der Waals surface area contributed by atoms with E-state index in [1.54, 1.807) is 14.1 Å². The van der Waals surface area contributed by atoms with Gasteiger partial charge in [0, 0.05) is 27.2 Å². The molecule has 0 bridgehead atoms. The molecule has 0 atom stereocenters. The van der Waals surface area contributed by atoms with Crippen molar-refractivity contribution < 1.29 is 9.59 Å². The van der Waals surface area contributed by atoms with E-state index >= 15 is 0 Å². The van der Waals surface area contributed by atoms with Crippen LogP contribution in [0.3, 0.4) is 0 Å². The van der Waals surface area contributed by atoms with Crippen LogP contribution in [0.15, 0.2) is 36.4 Å². The third-order valence-corrected chi connectivity index (χ3v) is 3.88. The first-order chi connectivity index (χ1) is 10.6. The number of nitrogens with one attached hydrogen (secondary N) is 1. The van der Waals surface area contributed by atoms with Crippen molar-refractivity contribution in [3.63, 3.8) is 0 Å². The summed E-state index contributed by atoms with van der Waals surface area (Å²) in [5, 5.41) is 2.52. The Bertz CT molecular complexity index is 554. The van der Waals surface area contributed by atoms with Crippen LogP contribution >= 0.6 is 0 Å². The molecule has 1 aromatic carbocycles. The Hall–Kier alpha value is -2.14. The maximum atomic E-state index is 12.1. The number of amides is 2. The summed E-state index contributed by atoms with van der Waals surface area (Å²) < 4.78 is 0. The number of benzene rings is 1. The highest BCUT2D eigenvalue weighted by molar-refractivity contribution is 5.85. The molecule has 0 spiro atoms. The second kappa shape index (κ2) is 7.75. The molecule has 1 aliphatic rings. The molecule has 5 nitrogen and oxygen atoms in total. The van der Waals surface area contributed by atoms with E-state index in [1.165, 1.54) is 16.0 Å². The van der Waals surface area contributed by atoms with Crippen molar-refractivity contribution in [2.75, 3.05) is 40.3 Å². The van der Waals surface area contributed by atoms with Crippen LogP contribution in [0.4, 0.5) is 0 Å². The minimum atomic E-state index is -0.152. The summed E-state index contributed by atoms with van der Waals surface area (Å²) in [6, 6.07) is 10.3. The number of hydrogen-bond acceptors (Lipinski definition) is 3. The van der Waals surface area contributed by atoms with E-state index in [-0.39, 0.29) is 18.4 Å². The fraction of sp³-hybridized carbons (Fsp3) is 0.412. The van der Waals surface area contributed by atoms with Crippen molar-refractivity contribution in [1.29, 1.82) is 0 Å². The molecule has 0 fully saturated rings. The number of carbonyl (C=O) groups is 2. The predicted molar refractivity (Wildman–Crippen MR) is 87.2 cm³/mol. The minimum absolute atomic E-state index is 0.0276. The van der Waals surface area contributed by atoms with Gasteiger partial charge in [-0.05, 0) is 17.6 Å². The molecule has 1 heterocycles. The topological polar surface area (TPSA) is 52.7 Å². The minimum Gasteiger partial charge on any atom is -0.358 e. The molecular weight excluding hydrogens is 278 g/mol. The van der Waals surface area contributed by atoms with Gasteiger partial charge in [0.05, 0.1) is 13.1 Å². The molecule has 2 amide bonds. The van der Waals surface area contributed by atoms with Crippen molar-refractivity contribution in [3.8, 4) is 0 Å². The molecule has 1 aliphatic heterocycles. The Morgan fingerprint density at radius 2 is 2.00 bits per heavy atom. The van der Waals surface area contributed by atoms with Gasteiger partial charge >= 0.3 is 0 Å². The van der Waals surface area contributed by atoms with Crippen LogP contribution in [0.5, 0.6) is 0 Å². The molecule has 118 valence electrons. The predicted octanol–water partition coefficient (Wildman–Crippen LogP) is 0.980. The highest BCUT2D eigenvalue weighted by Gasteiger charge is 2.18. The van der Waals surface area contributed by atoms with Crippen molar-refractivity contribution >= 4 is 17.4 Å². The molecule has 1 N–H and O–H groups in total. The van der Waals surface area contributed by atoms with E-state index in [2.05, 4.69) is 28.4 Å². The molecule has 2 rings (SSSR count). The van der Waals surface area contributed by atoms with Crippen LogP contribution in [-0.2, 0) is 9.59 Å². The van der Waals surface area contributed by atoms with E-state index in [1.807, 2.05) is 18.2 Å². The Labute approximate surface area is 131 Å². The molecule has 0 aliphatic carbocycles. The van der Waals surface area contributed by atoms with Crippen LogP contribution in [0, 0.1) is 0 Å². The van der Waals surface area contributed by atoms with Gasteiger partial charge in [0.25, 0.3) is 0 Å². The van der Waals surface area contributed by atoms with Gasteiger partial charge in [0.2, 0.25) is 11.8 Å². The fourth-order valence-electron chi connectivity index (χ4n) is 2.46. The van der Waals surface area contributed by atoms with E-state index < -0.39 is 0 Å². The molecule has 0 unspecified atom stereocenters. The normalized spacial score (nSPS) is 15.1. The summed E-state index contributed by atoms with van der Waals surface area (Å²) in [4.78, 5) is 27.0. The third-order valence-electron chi connectivity index (χ3n) is 3.88. The van der Waals surface area contributed by atoms with Crippen LogP contribution in [0.25, 0.3) is 5.57 Å². The summed E-state index contributed by atoms with van der Waals surface area (Å²) >= 11 is 0. The standard InChI is InChI=1S/C17H23N3O2/c1-18-16(21)12-19(2)17(22)13-20-10-8-15(9-11-20)14-6-4-3-5-7-14/h3-8H,9-13H2,1-2H3,(H,18,21). The average molecular weight is 301 g/mol. The molecular formula is C17H23N3O2. The van der Waals surface area contributed by atoms with Gasteiger partial charge in [0.1, 0.15) is 0 Å². The highest BCUT2D eigenvalue weighted by atomic mass is 16.2. The second-order valence-corrected chi connectivity index (χ2v) is 5.50. The first-order valence-corrected chi connectivity index (χ1v) is 7.51. The van der Waals surface area contributed by atoms with E-state index in [4.69, 9.17) is 0 Å². The van der Waals surface area contributed by atoms with Gasteiger partial charge in [-0.2, -0.15) is 0 Å². The van der Waals surface area contributed by atoms with Crippen molar-refractivity contribution in [2.45, 2.75) is 6.42 Å². The third kappa shape index (κ3) is 4.43. The first-order valence-electron chi connectivity index (χ1n) is 7.51. The highest BCUT2D eigenvalue weighted by Crippen LogP contribution is 2.21. The maximum Gasteiger partial charge on any atom is 0.239 e. The molecule has 0 aromatic heterocycles. The molecule has 5 heteroatoms. The van der Waals surface area contributed by atoms with E-state index in [0.717, 1.165) is 19.5 Å². The van der Waals surface area contributed by atoms with Gasteiger partial charge in [-0.3, -0.25) is 14.5 Å². The largest absolute Gasteiger partial charge is 0.358 e. The zero-order valence-corrected chi connectivity index (χ0v) is 13.2. The number of nitrogens with zero attached hydrogens (tertiary/aromatic N) is 2. The van der Waals surface area contributed by atoms with Gasteiger partial charge in [-0.1, -0.05) is 36.4 Å². The number of rotatable bonds is 5. The summed E-state index contributed by atoms with van der Waals surface area (Å²) in [7, 11) is 3.23. The van der Waals surface area contributed by atoms with E-state index in [9.17, 15) is 9.59 Å². The number of likely N-dealkylation sites (N-methyl/N-ethyl adjacent to an activating group) is 2. The quantitative estimate of drug-likeness (QED) is 0.882. The van der Waals surface area contributed by atoms with Crippen LogP contribution in [-0.4, -0.2) is 61.9 Å². The zero-order valence-electron chi connectivity index (χ0n) is 13.2. The number of carbonyl (C=O) groups excluding carboxylic acids is 2. The van der Waals surface area contributed by atoms with Crippen LogP contribution < -0.4 is 5.32 Å². The Morgan fingerprint density at radius 3 is 2.59 bits per heavy atom. The van der Waals surface area contributed by atoms with Crippen molar-refractivity contribution in [3.05, 3.63) is 42.0 Å². The van der Waals surface area contributed by atoms with E-state index in [0.29, 0.717) is 6.54 Å². The van der Waals surface area contributed by atoms with Crippen molar-refractivity contribution in [2.24, 2.45) is 0 Å². The summed E-state index contributed by atoms with van der Waals surface area (Å²) in [6.07, 6.45) is 3.13. The van der Waals surface area contributed by atoms with Crippen LogP contribution in [0.2, 0.25) is 0 Å². The average Bonchev–Trinajstić information content (AvgIpc) is 2.56. The van der Waals surface area contributed by atoms with Crippen molar-refractivity contribution in [1.82, 2.24) is 15.1 Å². The Balaban J connectivity index is 1.85. The summed E-state index contributed by atoms with van der Waals surface area (Å²) in [5.74, 6) is -0.180. The Kier molecular flexibility index (Phi) is 5.72. The molecule has 22 heavy (non-hydrogen) atoms. The molecule has 0 radical (unpaired) electrons. The molecule has 1 aromatic rings. The monoisotopic (exact) mass is 301 g/mol. The molecule has 0 saturated carbocycles. The fourth-order valence-corrected chi connectivity index (χ4v) is 2.46. The van der Waals surface area contributed by atoms with Crippen LogP contribution in [0.1, 0.15) is 12.0 Å². The lowest BCUT2D eigenvalue weighted by atomic mass is 10.00. The summed E-state index contributed by atoms with van der Waals surface area (Å²) in [5.41, 5.74) is 2.59. The summed E-state index contributed by atoms with van der Waals surface area (Å²) in [6.45, 7) is 2.09. The first kappa shape index (κ1) is 16.2. The number of hydrogen-bond donors (Lipinski definition) is 1. The van der Waals surface area contributed by atoms with Gasteiger partial charge < -0.3 is 10.2 Å². The van der Waals surface area contributed by atoms with Gasteiger partial charge in [0.15, 0.2) is 0 Å². The zero-order chi connectivity index (χ0) is 15.9. The Morgan fingerprint density at radius 1 is 1.27 bits per heavy atom. The maximum absolute atomic E-state index is 12.1. The SMILES string of the molecule is CNC(=O)CN(C)C(=O)CN1CC=C(c2ccccc2)CC1. The van der Waals surface area contributed by atoms with Gasteiger partial charge in [-0.25, -0.2) is 0 Å². The smallest absolute Gasteiger partial charge is 0.239 e. The lowest BCUT2D eigenvalue weighted by molar-refractivity contribution is -0.135. The lowest BCUT2D eigenvalue weighted by Gasteiger charge is -2.27. The van der Waals surface area contributed by atoms with Gasteiger partial charge in [-0.15, -0.1) is 0 Å². The lowest BCUT2D eigenvalue weighted by Crippen LogP contribution is -2.43. The molecule has 0 saturated heterocycles.